The van der Waals surface area contributed by atoms with Gasteiger partial charge in [0.05, 0.1) is 7.11 Å². The van der Waals surface area contributed by atoms with Gasteiger partial charge in [0.2, 0.25) is 0 Å². The van der Waals surface area contributed by atoms with Gasteiger partial charge >= 0.3 is 11.9 Å². The Bertz CT molecular complexity index is 535. The minimum absolute atomic E-state index is 0.300. The Labute approximate surface area is 122 Å². The van der Waals surface area contributed by atoms with E-state index in [-0.39, 0.29) is 0 Å². The van der Waals surface area contributed by atoms with Crippen molar-refractivity contribution >= 4 is 18.0 Å². The molecule has 0 aliphatic heterocycles. The lowest BCUT2D eigenvalue weighted by Crippen LogP contribution is -2.26. The molecule has 2 N–H and O–H groups in total. The first-order valence-electron chi connectivity index (χ1n) is 6.46. The van der Waals surface area contributed by atoms with Gasteiger partial charge in [-0.15, -0.1) is 0 Å². The summed E-state index contributed by atoms with van der Waals surface area (Å²) in [6.07, 6.45) is 2.35. The minimum atomic E-state index is -1.10. The summed E-state index contributed by atoms with van der Waals surface area (Å²) in [6, 6.07) is 4.77. The molecule has 0 aromatic heterocycles. The number of carboxylic acids is 2. The molecule has 1 aromatic carbocycles. The fourth-order valence-electron chi connectivity index (χ4n) is 1.70. The van der Waals surface area contributed by atoms with Gasteiger partial charge < -0.3 is 19.7 Å². The highest BCUT2D eigenvalue weighted by Crippen LogP contribution is 2.27. The number of ether oxygens (including phenoxy) is 2. The maximum atomic E-state index is 11.1. The van der Waals surface area contributed by atoms with Crippen molar-refractivity contribution in [2.75, 3.05) is 7.11 Å². The van der Waals surface area contributed by atoms with Crippen molar-refractivity contribution < 1.29 is 29.3 Å². The zero-order valence-electron chi connectivity index (χ0n) is 11.9. The molecule has 1 atom stereocenters. The predicted molar refractivity (Wildman–Crippen MR) is 76.6 cm³/mol. The standard InChI is InChI=1S/C15H18O6/c1-3-4-13(15(18)19)21-12-7-6-11(20-2)9-10(12)5-8-14(16)17/h5-9,13H,3-4H2,1-2H3,(H,16,17)(H,18,19)/b8-5+. The second-order valence-corrected chi connectivity index (χ2v) is 4.31. The van der Waals surface area contributed by atoms with E-state index in [0.29, 0.717) is 29.9 Å². The van der Waals surface area contributed by atoms with Crippen molar-refractivity contribution in [3.63, 3.8) is 0 Å². The van der Waals surface area contributed by atoms with E-state index in [1.54, 1.807) is 18.2 Å². The summed E-state index contributed by atoms with van der Waals surface area (Å²) in [6.45, 7) is 1.86. The van der Waals surface area contributed by atoms with Gasteiger partial charge in [-0.25, -0.2) is 9.59 Å². The second-order valence-electron chi connectivity index (χ2n) is 4.31. The summed E-state index contributed by atoms with van der Waals surface area (Å²) in [5, 5.41) is 17.8. The van der Waals surface area contributed by atoms with Crippen LogP contribution in [-0.4, -0.2) is 35.4 Å². The summed E-state index contributed by atoms with van der Waals surface area (Å²) < 4.78 is 10.5. The number of hydrogen-bond donors (Lipinski definition) is 2. The Morgan fingerprint density at radius 2 is 2.05 bits per heavy atom. The molecule has 1 aromatic rings. The van der Waals surface area contributed by atoms with Crippen molar-refractivity contribution in [3.05, 3.63) is 29.8 Å². The molecule has 0 aliphatic carbocycles. The topological polar surface area (TPSA) is 93.1 Å². The smallest absolute Gasteiger partial charge is 0.344 e. The van der Waals surface area contributed by atoms with Crippen LogP contribution in [0.2, 0.25) is 0 Å². The van der Waals surface area contributed by atoms with Gasteiger partial charge in [0, 0.05) is 11.6 Å². The van der Waals surface area contributed by atoms with Crippen molar-refractivity contribution in [2.24, 2.45) is 0 Å². The van der Waals surface area contributed by atoms with Crippen LogP contribution in [0.1, 0.15) is 25.3 Å². The number of aliphatic carboxylic acids is 2. The third kappa shape index (κ3) is 5.18. The molecule has 0 saturated heterocycles. The Morgan fingerprint density at radius 3 is 2.57 bits per heavy atom. The average molecular weight is 294 g/mol. The van der Waals surface area contributed by atoms with E-state index in [0.717, 1.165) is 6.08 Å². The number of benzene rings is 1. The SMILES string of the molecule is CCCC(Oc1ccc(OC)cc1/C=C/C(=O)O)C(=O)O. The molecular weight excluding hydrogens is 276 g/mol. The number of hydrogen-bond acceptors (Lipinski definition) is 4. The fourth-order valence-corrected chi connectivity index (χ4v) is 1.70. The first-order valence-corrected chi connectivity index (χ1v) is 6.46. The molecule has 1 rings (SSSR count). The van der Waals surface area contributed by atoms with Crippen molar-refractivity contribution in [1.82, 2.24) is 0 Å². The largest absolute Gasteiger partial charge is 0.497 e. The third-order valence-corrected chi connectivity index (χ3v) is 2.72. The fraction of sp³-hybridized carbons (Fsp3) is 0.333. The Hall–Kier alpha value is -2.50. The normalized spacial score (nSPS) is 12.1. The molecule has 0 radical (unpaired) electrons. The zero-order valence-corrected chi connectivity index (χ0v) is 11.9. The molecule has 0 saturated carbocycles. The van der Waals surface area contributed by atoms with E-state index in [9.17, 15) is 9.59 Å². The van der Waals surface area contributed by atoms with E-state index in [1.165, 1.54) is 13.2 Å². The molecule has 0 heterocycles. The summed E-state index contributed by atoms with van der Waals surface area (Å²) >= 11 is 0. The van der Waals surface area contributed by atoms with Crippen LogP contribution in [-0.2, 0) is 9.59 Å². The minimum Gasteiger partial charge on any atom is -0.497 e. The molecule has 1 unspecified atom stereocenters. The molecule has 6 heteroatoms. The van der Waals surface area contributed by atoms with Crippen LogP contribution in [0.4, 0.5) is 0 Å². The van der Waals surface area contributed by atoms with Crippen LogP contribution in [0, 0.1) is 0 Å². The van der Waals surface area contributed by atoms with Crippen molar-refractivity contribution in [3.8, 4) is 11.5 Å². The van der Waals surface area contributed by atoms with Gasteiger partial charge in [-0.05, 0) is 30.7 Å². The van der Waals surface area contributed by atoms with Gasteiger partial charge in [-0.2, -0.15) is 0 Å². The first-order chi connectivity index (χ1) is 9.97. The lowest BCUT2D eigenvalue weighted by molar-refractivity contribution is -0.145. The van der Waals surface area contributed by atoms with Crippen molar-refractivity contribution in [2.45, 2.75) is 25.9 Å². The van der Waals surface area contributed by atoms with Crippen LogP contribution >= 0.6 is 0 Å². The molecular formula is C15H18O6. The summed E-state index contributed by atoms with van der Waals surface area (Å²) in [5.74, 6) is -1.34. The molecule has 114 valence electrons. The quantitative estimate of drug-likeness (QED) is 0.715. The molecule has 0 aliphatic rings. The highest BCUT2D eigenvalue weighted by molar-refractivity contribution is 5.86. The van der Waals surface area contributed by atoms with Crippen LogP contribution in [0.25, 0.3) is 6.08 Å². The predicted octanol–water partition coefficient (Wildman–Crippen LogP) is 2.43. The van der Waals surface area contributed by atoms with Crippen molar-refractivity contribution in [1.29, 1.82) is 0 Å². The van der Waals surface area contributed by atoms with Gasteiger partial charge in [0.25, 0.3) is 0 Å². The second kappa shape index (κ2) is 7.94. The van der Waals surface area contributed by atoms with E-state index in [4.69, 9.17) is 19.7 Å². The van der Waals surface area contributed by atoms with Gasteiger partial charge in [0.1, 0.15) is 11.5 Å². The number of rotatable bonds is 8. The Morgan fingerprint density at radius 1 is 1.33 bits per heavy atom. The molecule has 0 amide bonds. The van der Waals surface area contributed by atoms with E-state index in [2.05, 4.69) is 0 Å². The maximum Gasteiger partial charge on any atom is 0.344 e. The van der Waals surface area contributed by atoms with E-state index < -0.39 is 18.0 Å². The Kier molecular flexibility index (Phi) is 6.26. The number of methoxy groups -OCH3 is 1. The first kappa shape index (κ1) is 16.6. The van der Waals surface area contributed by atoms with Crippen LogP contribution < -0.4 is 9.47 Å². The lowest BCUT2D eigenvalue weighted by Gasteiger charge is -2.16. The highest BCUT2D eigenvalue weighted by Gasteiger charge is 2.19. The number of carbonyl (C=O) groups is 2. The maximum absolute atomic E-state index is 11.1. The van der Waals surface area contributed by atoms with Crippen LogP contribution in [0.3, 0.4) is 0 Å². The highest BCUT2D eigenvalue weighted by atomic mass is 16.5. The number of carboxylic acid groups (broad SMARTS) is 2. The zero-order chi connectivity index (χ0) is 15.8. The third-order valence-electron chi connectivity index (χ3n) is 2.72. The summed E-state index contributed by atoms with van der Waals surface area (Å²) in [7, 11) is 1.48. The van der Waals surface area contributed by atoms with Gasteiger partial charge in [-0.3, -0.25) is 0 Å². The molecule has 0 bridgehead atoms. The van der Waals surface area contributed by atoms with E-state index in [1.807, 2.05) is 6.92 Å². The van der Waals surface area contributed by atoms with E-state index >= 15 is 0 Å². The summed E-state index contributed by atoms with van der Waals surface area (Å²) in [4.78, 5) is 21.8. The Balaban J connectivity index is 3.09. The molecule has 0 spiro atoms. The average Bonchev–Trinajstić information content (AvgIpc) is 2.45. The van der Waals surface area contributed by atoms with Crippen LogP contribution in [0.5, 0.6) is 11.5 Å². The van der Waals surface area contributed by atoms with Gasteiger partial charge in [-0.1, -0.05) is 13.3 Å². The van der Waals surface area contributed by atoms with Gasteiger partial charge in [0.15, 0.2) is 6.10 Å². The molecule has 0 fully saturated rings. The monoisotopic (exact) mass is 294 g/mol. The molecule has 6 nitrogen and oxygen atoms in total. The van der Waals surface area contributed by atoms with Crippen LogP contribution in [0.15, 0.2) is 24.3 Å². The lowest BCUT2D eigenvalue weighted by atomic mass is 10.1. The molecule has 21 heavy (non-hydrogen) atoms. The summed E-state index contributed by atoms with van der Waals surface area (Å²) in [5.41, 5.74) is 0.444.